The number of ether oxygens (including phenoxy) is 1. The Morgan fingerprint density at radius 2 is 1.58 bits per heavy atom. The van der Waals surface area contributed by atoms with Crippen LogP contribution >= 0.6 is 15.9 Å². The summed E-state index contributed by atoms with van der Waals surface area (Å²) in [6.07, 6.45) is 0. The molecule has 0 aliphatic carbocycles. The van der Waals surface area contributed by atoms with Crippen LogP contribution in [0.4, 0.5) is 0 Å². The van der Waals surface area contributed by atoms with Gasteiger partial charge in [-0.2, -0.15) is 0 Å². The quantitative estimate of drug-likeness (QED) is 0.727. The summed E-state index contributed by atoms with van der Waals surface area (Å²) < 4.78 is 6.11. The average Bonchev–Trinajstić information content (AvgIpc) is 2.59. The molecule has 2 amide bonds. The van der Waals surface area contributed by atoms with Crippen molar-refractivity contribution >= 4 is 33.7 Å². The van der Waals surface area contributed by atoms with Crippen LogP contribution < -0.4 is 20.7 Å². The van der Waals surface area contributed by atoms with Gasteiger partial charge in [0.25, 0.3) is 11.8 Å². The summed E-state index contributed by atoms with van der Waals surface area (Å²) in [5.74, 6) is -2.36. The molecule has 0 fully saturated rings. The second-order valence-electron chi connectivity index (χ2n) is 4.58. The summed E-state index contributed by atoms with van der Waals surface area (Å²) in [6, 6.07) is 12.4. The van der Waals surface area contributed by atoms with Gasteiger partial charge in [-0.05, 0) is 30.3 Å². The van der Waals surface area contributed by atoms with E-state index in [1.807, 2.05) is 0 Å². The van der Waals surface area contributed by atoms with Crippen LogP contribution in [-0.4, -0.2) is 24.4 Å². The molecule has 0 aliphatic heterocycles. The van der Waals surface area contributed by atoms with E-state index in [9.17, 15) is 19.5 Å². The normalized spacial score (nSPS) is 9.88. The summed E-state index contributed by atoms with van der Waals surface area (Å²) in [7, 11) is 0. The first-order chi connectivity index (χ1) is 11.5. The minimum atomic E-state index is -1.48. The topological polar surface area (TPSA) is 108 Å². The molecule has 0 aliphatic rings. The number of carbonyl (C=O) groups excluding carboxylic acids is 3. The molecule has 0 atom stereocenters. The van der Waals surface area contributed by atoms with Gasteiger partial charge in [-0.25, -0.2) is 0 Å². The summed E-state index contributed by atoms with van der Waals surface area (Å²) >= 11 is 3.28. The lowest BCUT2D eigenvalue weighted by molar-refractivity contribution is -0.255. The molecule has 0 saturated carbocycles. The molecule has 0 aromatic heterocycles. The lowest BCUT2D eigenvalue weighted by Gasteiger charge is -2.12. The van der Waals surface area contributed by atoms with Gasteiger partial charge in [-0.15, -0.1) is 0 Å². The molecule has 2 rings (SSSR count). The summed E-state index contributed by atoms with van der Waals surface area (Å²) in [5.41, 5.74) is 3.88. The van der Waals surface area contributed by atoms with Crippen molar-refractivity contribution in [2.45, 2.75) is 0 Å². The van der Waals surface area contributed by atoms with E-state index >= 15 is 0 Å². The number of hydrazine groups is 1. The van der Waals surface area contributed by atoms with Crippen LogP contribution in [0.1, 0.15) is 20.7 Å². The number of amides is 2. The number of rotatable bonds is 5. The van der Waals surface area contributed by atoms with Crippen LogP contribution in [0, 0.1) is 0 Å². The molecule has 0 radical (unpaired) electrons. The zero-order valence-corrected chi connectivity index (χ0v) is 13.8. The van der Waals surface area contributed by atoms with Crippen molar-refractivity contribution in [1.82, 2.24) is 10.9 Å². The average molecular weight is 392 g/mol. The lowest BCUT2D eigenvalue weighted by atomic mass is 10.1. The molecule has 2 aromatic rings. The SMILES string of the molecule is O=C(COc1ccc(Br)cc1)NNC(=O)c1ccccc1C(=O)[O-]. The molecule has 0 unspecified atom stereocenters. The Balaban J connectivity index is 1.86. The number of nitrogens with one attached hydrogen (secondary N) is 2. The van der Waals surface area contributed by atoms with Gasteiger partial charge in [0.1, 0.15) is 5.75 Å². The molecule has 2 N–H and O–H groups in total. The first kappa shape index (κ1) is 17.5. The highest BCUT2D eigenvalue weighted by atomic mass is 79.9. The van der Waals surface area contributed by atoms with Crippen molar-refractivity contribution in [3.63, 3.8) is 0 Å². The molecule has 124 valence electrons. The highest BCUT2D eigenvalue weighted by Crippen LogP contribution is 2.15. The van der Waals surface area contributed by atoms with E-state index < -0.39 is 17.8 Å². The Kier molecular flexibility index (Phi) is 5.91. The fraction of sp³-hybridized carbons (Fsp3) is 0.0625. The number of hydrogen-bond donors (Lipinski definition) is 2. The van der Waals surface area contributed by atoms with E-state index in [2.05, 4.69) is 26.8 Å². The second-order valence-corrected chi connectivity index (χ2v) is 5.49. The van der Waals surface area contributed by atoms with E-state index in [1.54, 1.807) is 24.3 Å². The minimum Gasteiger partial charge on any atom is -0.545 e. The first-order valence-corrected chi connectivity index (χ1v) is 7.54. The van der Waals surface area contributed by atoms with Crippen molar-refractivity contribution in [3.8, 4) is 5.75 Å². The monoisotopic (exact) mass is 391 g/mol. The van der Waals surface area contributed by atoms with Gasteiger partial charge >= 0.3 is 0 Å². The molecule has 2 aromatic carbocycles. The van der Waals surface area contributed by atoms with Gasteiger partial charge in [0.15, 0.2) is 6.61 Å². The van der Waals surface area contributed by atoms with Crippen LogP contribution in [0.25, 0.3) is 0 Å². The van der Waals surface area contributed by atoms with Gasteiger partial charge in [-0.1, -0.05) is 34.1 Å². The molecular formula is C16H12BrN2O5-. The maximum absolute atomic E-state index is 11.9. The third-order valence-corrected chi connectivity index (χ3v) is 3.42. The minimum absolute atomic E-state index is 0.119. The molecule has 0 heterocycles. The van der Waals surface area contributed by atoms with Gasteiger partial charge < -0.3 is 14.6 Å². The van der Waals surface area contributed by atoms with Gasteiger partial charge in [0.05, 0.1) is 11.5 Å². The van der Waals surface area contributed by atoms with Crippen molar-refractivity contribution < 1.29 is 24.2 Å². The smallest absolute Gasteiger partial charge is 0.276 e. The standard InChI is InChI=1S/C16H13BrN2O5/c17-10-5-7-11(8-6-10)24-9-14(20)18-19-15(21)12-3-1-2-4-13(12)16(22)23/h1-8H,9H2,(H,18,20)(H,19,21)(H,22,23)/p-1. The molecule has 24 heavy (non-hydrogen) atoms. The molecule has 0 saturated heterocycles. The fourth-order valence-electron chi connectivity index (χ4n) is 1.77. The molecule has 0 bridgehead atoms. The number of halogens is 1. The highest BCUT2D eigenvalue weighted by Gasteiger charge is 2.12. The predicted octanol–water partition coefficient (Wildman–Crippen LogP) is 0.653. The fourth-order valence-corrected chi connectivity index (χ4v) is 2.03. The number of carboxylic acid groups (broad SMARTS) is 1. The van der Waals surface area contributed by atoms with Crippen LogP contribution in [0.15, 0.2) is 53.0 Å². The predicted molar refractivity (Wildman–Crippen MR) is 86.0 cm³/mol. The van der Waals surface area contributed by atoms with E-state index in [4.69, 9.17) is 4.74 Å². The van der Waals surface area contributed by atoms with E-state index in [0.29, 0.717) is 5.75 Å². The van der Waals surface area contributed by atoms with Gasteiger partial charge in [0, 0.05) is 10.0 Å². The zero-order valence-electron chi connectivity index (χ0n) is 12.2. The van der Waals surface area contributed by atoms with E-state index in [1.165, 1.54) is 24.3 Å². The largest absolute Gasteiger partial charge is 0.545 e. The van der Waals surface area contributed by atoms with E-state index in [-0.39, 0.29) is 17.7 Å². The van der Waals surface area contributed by atoms with Crippen molar-refractivity contribution in [1.29, 1.82) is 0 Å². The molecule has 7 nitrogen and oxygen atoms in total. The van der Waals surface area contributed by atoms with Crippen LogP contribution in [0.5, 0.6) is 5.75 Å². The number of carboxylic acids is 1. The van der Waals surface area contributed by atoms with E-state index in [0.717, 1.165) is 4.47 Å². The third kappa shape index (κ3) is 4.82. The first-order valence-electron chi connectivity index (χ1n) is 6.75. The second kappa shape index (κ2) is 8.11. The van der Waals surface area contributed by atoms with Crippen molar-refractivity contribution in [2.75, 3.05) is 6.61 Å². The van der Waals surface area contributed by atoms with Gasteiger partial charge in [-0.3, -0.25) is 20.4 Å². The van der Waals surface area contributed by atoms with Crippen LogP contribution in [0.3, 0.4) is 0 Å². The number of benzene rings is 2. The molecule has 0 spiro atoms. The summed E-state index contributed by atoms with van der Waals surface area (Å²) in [4.78, 5) is 34.5. The summed E-state index contributed by atoms with van der Waals surface area (Å²) in [6.45, 7) is -0.315. The Labute approximate surface area is 145 Å². The highest BCUT2D eigenvalue weighted by molar-refractivity contribution is 9.10. The Hall–Kier alpha value is -2.87. The van der Waals surface area contributed by atoms with Crippen LogP contribution in [-0.2, 0) is 4.79 Å². The Morgan fingerprint density at radius 3 is 2.21 bits per heavy atom. The molecule has 8 heteroatoms. The Bertz CT molecular complexity index is 761. The lowest BCUT2D eigenvalue weighted by Crippen LogP contribution is -2.44. The molecular weight excluding hydrogens is 380 g/mol. The summed E-state index contributed by atoms with van der Waals surface area (Å²) in [5, 5.41) is 10.9. The third-order valence-electron chi connectivity index (χ3n) is 2.89. The maximum atomic E-state index is 11.9. The number of carbonyl (C=O) groups is 3. The van der Waals surface area contributed by atoms with Crippen molar-refractivity contribution in [2.24, 2.45) is 0 Å². The maximum Gasteiger partial charge on any atom is 0.276 e. The van der Waals surface area contributed by atoms with Crippen molar-refractivity contribution in [3.05, 3.63) is 64.1 Å². The number of hydrogen-bond acceptors (Lipinski definition) is 5. The zero-order chi connectivity index (χ0) is 17.5. The van der Waals surface area contributed by atoms with Crippen LogP contribution in [0.2, 0.25) is 0 Å². The Morgan fingerprint density at radius 1 is 0.958 bits per heavy atom. The number of aromatic carboxylic acids is 1. The van der Waals surface area contributed by atoms with Gasteiger partial charge in [0.2, 0.25) is 0 Å².